The molecule has 1 N–H and O–H groups in total. The smallest absolute Gasteiger partial charge is 0.335 e. The molecule has 0 aromatic rings. The molecule has 0 unspecified atom stereocenters. The average Bonchev–Trinajstić information content (AvgIpc) is 1.23. The second kappa shape index (κ2) is 1.22. The Balaban J connectivity index is 2.60. The van der Waals surface area contributed by atoms with Crippen LogP contribution in [0, 0.1) is 0 Å². The van der Waals surface area contributed by atoms with Crippen LogP contribution in [0.1, 0.15) is 0 Å². The number of carbonyl (C=O) groups is 1. The highest BCUT2D eigenvalue weighted by Gasteiger charge is 2.04. The van der Waals surface area contributed by atoms with Gasteiger partial charge in [0, 0.05) is 0 Å². The molecule has 0 heterocycles. The molecule has 0 aliphatic heterocycles. The predicted octanol–water partition coefficient (Wildman–Crippen LogP) is 0.567. The molecule has 0 saturated heterocycles. The van der Waals surface area contributed by atoms with E-state index in [4.69, 9.17) is 5.11 Å². The Morgan fingerprint density at radius 2 is 2.29 bits per heavy atom. The van der Waals surface area contributed by atoms with Crippen molar-refractivity contribution in [3.63, 3.8) is 0 Å². The Morgan fingerprint density at radius 3 is 2.29 bits per heavy atom. The van der Waals surface area contributed by atoms with Gasteiger partial charge in [0.15, 0.2) is 0 Å². The lowest BCUT2D eigenvalue weighted by molar-refractivity contribution is -0.132. The van der Waals surface area contributed by atoms with E-state index in [-0.39, 0.29) is 0 Å². The van der Waals surface area contributed by atoms with Crippen LogP contribution in [0.3, 0.4) is 0 Å². The van der Waals surface area contributed by atoms with E-state index in [1.54, 1.807) is 18.2 Å². The molecule has 0 amide bonds. The highest BCUT2D eigenvalue weighted by atomic mass is 16.4. The Morgan fingerprint density at radius 1 is 1.71 bits per heavy atom. The summed E-state index contributed by atoms with van der Waals surface area (Å²) in [6.07, 6.45) is 4.81. The first-order chi connectivity index (χ1) is 3.30. The summed E-state index contributed by atoms with van der Waals surface area (Å²) >= 11 is 0. The fourth-order valence-electron chi connectivity index (χ4n) is 0.335. The van der Waals surface area contributed by atoms with Crippen molar-refractivity contribution in [2.75, 3.05) is 0 Å². The Bertz CT molecular complexity index is 153. The van der Waals surface area contributed by atoms with Crippen molar-refractivity contribution >= 4 is 5.97 Å². The number of carboxylic acid groups (broad SMARTS) is 1. The molecular formula is C5H4O2. The zero-order valence-corrected chi connectivity index (χ0v) is 3.59. The van der Waals surface area contributed by atoms with Crippen LogP contribution in [0.5, 0.6) is 0 Å². The maximum absolute atomic E-state index is 9.86. The van der Waals surface area contributed by atoms with E-state index in [2.05, 4.69) is 0 Å². The van der Waals surface area contributed by atoms with E-state index in [9.17, 15) is 4.79 Å². The molecule has 0 saturated carbocycles. The van der Waals surface area contributed by atoms with Crippen LogP contribution in [0.15, 0.2) is 23.8 Å². The molecule has 0 radical (unpaired) electrons. The zero-order chi connectivity index (χ0) is 5.28. The van der Waals surface area contributed by atoms with Gasteiger partial charge in [-0.3, -0.25) is 0 Å². The van der Waals surface area contributed by atoms with Crippen molar-refractivity contribution in [1.29, 1.82) is 0 Å². The van der Waals surface area contributed by atoms with E-state index in [0.717, 1.165) is 0 Å². The molecule has 0 fully saturated rings. The summed E-state index contributed by atoms with van der Waals surface area (Å²) in [6, 6.07) is 0. The lowest BCUT2D eigenvalue weighted by Crippen LogP contribution is -2.00. The molecule has 1 aliphatic carbocycles. The summed E-state index contributed by atoms with van der Waals surface area (Å²) in [7, 11) is 0. The molecule has 1 rings (SSSR count). The van der Waals surface area contributed by atoms with E-state index >= 15 is 0 Å². The van der Waals surface area contributed by atoms with Gasteiger partial charge in [0.05, 0.1) is 5.57 Å². The molecule has 0 bridgehead atoms. The van der Waals surface area contributed by atoms with Crippen LogP contribution in [0.25, 0.3) is 0 Å². The van der Waals surface area contributed by atoms with Gasteiger partial charge < -0.3 is 5.11 Å². The monoisotopic (exact) mass is 96.0 g/mol. The van der Waals surface area contributed by atoms with Gasteiger partial charge in [-0.05, 0) is 12.2 Å². The minimum absolute atomic E-state index is 0.389. The van der Waals surface area contributed by atoms with Crippen molar-refractivity contribution < 1.29 is 9.90 Å². The lowest BCUT2D eigenvalue weighted by Gasteiger charge is -1.96. The number of carboxylic acids is 1. The van der Waals surface area contributed by atoms with E-state index in [0.29, 0.717) is 5.57 Å². The topological polar surface area (TPSA) is 37.3 Å². The maximum atomic E-state index is 9.86. The van der Waals surface area contributed by atoms with Gasteiger partial charge in [0.1, 0.15) is 0 Å². The fraction of sp³-hybridized carbons (Fsp3) is 0. The molecule has 2 heteroatoms. The van der Waals surface area contributed by atoms with Crippen molar-refractivity contribution in [3.05, 3.63) is 23.8 Å². The molecule has 7 heavy (non-hydrogen) atoms. The second-order valence-corrected chi connectivity index (χ2v) is 1.29. The first kappa shape index (κ1) is 4.12. The third-order valence-electron chi connectivity index (χ3n) is 0.799. The van der Waals surface area contributed by atoms with Crippen LogP contribution >= 0.6 is 0 Å². The van der Waals surface area contributed by atoms with Crippen molar-refractivity contribution in [2.24, 2.45) is 0 Å². The summed E-state index contributed by atoms with van der Waals surface area (Å²) in [5, 5.41) is 8.11. The second-order valence-electron chi connectivity index (χ2n) is 1.29. The van der Waals surface area contributed by atoms with Gasteiger partial charge in [-0.25, -0.2) is 4.79 Å². The number of aliphatic carboxylic acids is 1. The normalized spacial score (nSPS) is 15.1. The standard InChI is InChI=1S/C5H4O2/c6-5(7)4-2-1-3-4/h1-3H,(H,6,7). The summed E-state index contributed by atoms with van der Waals surface area (Å²) in [5.41, 5.74) is 0.389. The highest BCUT2D eigenvalue weighted by molar-refractivity contribution is 5.92. The zero-order valence-electron chi connectivity index (χ0n) is 3.59. The van der Waals surface area contributed by atoms with Gasteiger partial charge in [-0.2, -0.15) is 0 Å². The molecule has 36 valence electrons. The third-order valence-corrected chi connectivity index (χ3v) is 0.799. The van der Waals surface area contributed by atoms with Crippen LogP contribution in [0.4, 0.5) is 0 Å². The van der Waals surface area contributed by atoms with E-state index < -0.39 is 5.97 Å². The van der Waals surface area contributed by atoms with Crippen molar-refractivity contribution in [1.82, 2.24) is 0 Å². The number of hydrogen-bond acceptors (Lipinski definition) is 1. The minimum atomic E-state index is -0.845. The Hall–Kier alpha value is -1.05. The van der Waals surface area contributed by atoms with E-state index in [1.807, 2.05) is 0 Å². The first-order valence-electron chi connectivity index (χ1n) is 1.92. The van der Waals surface area contributed by atoms with Crippen LogP contribution < -0.4 is 0 Å². The fourth-order valence-corrected chi connectivity index (χ4v) is 0.335. The summed E-state index contributed by atoms with van der Waals surface area (Å²) in [4.78, 5) is 9.86. The molecule has 0 atom stereocenters. The average molecular weight is 96.1 g/mol. The maximum Gasteiger partial charge on any atom is 0.335 e. The van der Waals surface area contributed by atoms with Gasteiger partial charge >= 0.3 is 5.97 Å². The highest BCUT2D eigenvalue weighted by Crippen LogP contribution is 2.05. The lowest BCUT2D eigenvalue weighted by atomic mass is 10.1. The summed E-state index contributed by atoms with van der Waals surface area (Å²) < 4.78 is 0. The third kappa shape index (κ3) is 0.538. The number of allylic oxidation sites excluding steroid dienone is 2. The predicted molar refractivity (Wildman–Crippen MR) is 24.9 cm³/mol. The van der Waals surface area contributed by atoms with Gasteiger partial charge in [0.25, 0.3) is 0 Å². The summed E-state index contributed by atoms with van der Waals surface area (Å²) in [6.45, 7) is 0. The molecule has 0 aromatic heterocycles. The Kier molecular flexibility index (Phi) is 0.719. The van der Waals surface area contributed by atoms with Crippen LogP contribution in [0.2, 0.25) is 0 Å². The van der Waals surface area contributed by atoms with Crippen LogP contribution in [-0.4, -0.2) is 11.1 Å². The van der Waals surface area contributed by atoms with Crippen LogP contribution in [-0.2, 0) is 4.79 Å². The van der Waals surface area contributed by atoms with Crippen molar-refractivity contribution in [2.45, 2.75) is 0 Å². The number of rotatable bonds is 1. The Labute approximate surface area is 40.8 Å². The van der Waals surface area contributed by atoms with Crippen molar-refractivity contribution in [3.8, 4) is 0 Å². The largest absolute Gasteiger partial charge is 0.478 e. The van der Waals surface area contributed by atoms with Gasteiger partial charge in [0.2, 0.25) is 0 Å². The van der Waals surface area contributed by atoms with E-state index in [1.165, 1.54) is 0 Å². The minimum Gasteiger partial charge on any atom is -0.478 e. The molecule has 0 spiro atoms. The molecule has 1 aliphatic rings. The van der Waals surface area contributed by atoms with Gasteiger partial charge in [-0.15, -0.1) is 0 Å². The molecule has 2 nitrogen and oxygen atoms in total. The number of hydrogen-bond donors (Lipinski definition) is 1. The summed E-state index contributed by atoms with van der Waals surface area (Å²) in [5.74, 6) is -0.845. The SMILES string of the molecule is O=C(O)C1=CC=C1. The molecular weight excluding hydrogens is 92.1 g/mol. The first-order valence-corrected chi connectivity index (χ1v) is 1.92. The quantitative estimate of drug-likeness (QED) is 0.518. The molecule has 0 aromatic carbocycles. The van der Waals surface area contributed by atoms with Gasteiger partial charge in [-0.1, -0.05) is 6.08 Å².